The van der Waals surface area contributed by atoms with Crippen LogP contribution in [-0.4, -0.2) is 40.3 Å². The zero-order valence-corrected chi connectivity index (χ0v) is 18.1. The van der Waals surface area contributed by atoms with E-state index in [9.17, 15) is 19.7 Å². The Balaban J connectivity index is 2.13. The number of benzene rings is 2. The molecule has 1 fully saturated rings. The largest absolute Gasteiger partial charge is 0.341 e. The highest BCUT2D eigenvalue weighted by Gasteiger charge is 2.49. The molecule has 0 heterocycles. The van der Waals surface area contributed by atoms with E-state index in [4.69, 9.17) is 0 Å². The first-order valence-electron chi connectivity index (χ1n) is 10.9. The number of hydrogen-bond donors (Lipinski definition) is 0. The van der Waals surface area contributed by atoms with Gasteiger partial charge in [0.1, 0.15) is 5.54 Å². The number of amides is 2. The molecule has 0 atom stereocenters. The van der Waals surface area contributed by atoms with Gasteiger partial charge in [0, 0.05) is 36.5 Å². The van der Waals surface area contributed by atoms with Gasteiger partial charge in [0.15, 0.2) is 0 Å². The van der Waals surface area contributed by atoms with Crippen molar-refractivity contribution in [3.05, 3.63) is 70.3 Å². The molecule has 7 nitrogen and oxygen atoms in total. The lowest BCUT2D eigenvalue weighted by atomic mass is 9.78. The topological polar surface area (TPSA) is 83.8 Å². The van der Waals surface area contributed by atoms with Crippen LogP contribution in [0.1, 0.15) is 56.3 Å². The summed E-state index contributed by atoms with van der Waals surface area (Å²) in [6, 6.07) is 14.9. The molecule has 7 heteroatoms. The Bertz CT molecular complexity index is 918. The van der Waals surface area contributed by atoms with Crippen LogP contribution in [0.5, 0.6) is 0 Å². The second kappa shape index (κ2) is 9.73. The summed E-state index contributed by atoms with van der Waals surface area (Å²) in [6.45, 7) is 5.04. The van der Waals surface area contributed by atoms with Gasteiger partial charge in [-0.15, -0.1) is 0 Å². The van der Waals surface area contributed by atoms with Gasteiger partial charge >= 0.3 is 0 Å². The smallest absolute Gasteiger partial charge is 0.269 e. The number of likely N-dealkylation sites (N-methyl/N-ethyl adjacent to an activating group) is 1. The second-order valence-electron chi connectivity index (χ2n) is 7.85. The van der Waals surface area contributed by atoms with E-state index in [-0.39, 0.29) is 17.5 Å². The van der Waals surface area contributed by atoms with Crippen LogP contribution in [0.15, 0.2) is 54.6 Å². The fraction of sp³-hybridized carbons (Fsp3) is 0.417. The fourth-order valence-electron chi connectivity index (χ4n) is 4.47. The summed E-state index contributed by atoms with van der Waals surface area (Å²) >= 11 is 0. The Kier molecular flexibility index (Phi) is 7.05. The van der Waals surface area contributed by atoms with E-state index >= 15 is 0 Å². The quantitative estimate of drug-likeness (QED) is 0.472. The van der Waals surface area contributed by atoms with Crippen LogP contribution in [0, 0.1) is 10.1 Å². The Morgan fingerprint density at radius 1 is 0.935 bits per heavy atom. The molecule has 0 radical (unpaired) electrons. The van der Waals surface area contributed by atoms with E-state index in [2.05, 4.69) is 0 Å². The van der Waals surface area contributed by atoms with Crippen LogP contribution in [-0.2, 0) is 4.79 Å². The number of carbonyl (C=O) groups is 2. The number of para-hydroxylation sites is 1. The number of carbonyl (C=O) groups excluding carboxylic acids is 2. The lowest BCUT2D eigenvalue weighted by Crippen LogP contribution is -2.62. The molecule has 2 aromatic carbocycles. The number of nitro benzene ring substituents is 1. The van der Waals surface area contributed by atoms with Gasteiger partial charge in [-0.05, 0) is 51.0 Å². The van der Waals surface area contributed by atoms with Crippen molar-refractivity contribution in [2.75, 3.05) is 18.0 Å². The zero-order valence-electron chi connectivity index (χ0n) is 18.1. The van der Waals surface area contributed by atoms with Crippen LogP contribution in [0.4, 0.5) is 11.4 Å². The fourth-order valence-corrected chi connectivity index (χ4v) is 4.47. The molecule has 0 spiro atoms. The number of non-ortho nitro benzene ring substituents is 1. The Morgan fingerprint density at radius 2 is 1.52 bits per heavy atom. The van der Waals surface area contributed by atoms with Gasteiger partial charge in [0.25, 0.3) is 11.6 Å². The van der Waals surface area contributed by atoms with E-state index < -0.39 is 10.5 Å². The standard InChI is InChI=1S/C24H29N3O4/c1-3-25(4-2)23(29)24(17-9-6-10-18-24)26(20-11-7-5-8-12-20)22(28)19-13-15-21(16-14-19)27(30)31/h5,7-8,11-16H,3-4,6,9-10,17-18H2,1-2H3. The van der Waals surface area contributed by atoms with E-state index in [1.54, 1.807) is 9.80 Å². The average molecular weight is 424 g/mol. The molecule has 31 heavy (non-hydrogen) atoms. The van der Waals surface area contributed by atoms with E-state index in [1.807, 2.05) is 44.2 Å². The molecule has 3 rings (SSSR count). The van der Waals surface area contributed by atoms with Crippen LogP contribution in [0.2, 0.25) is 0 Å². The first-order chi connectivity index (χ1) is 14.9. The minimum Gasteiger partial charge on any atom is -0.341 e. The van der Waals surface area contributed by atoms with Crippen molar-refractivity contribution in [3.63, 3.8) is 0 Å². The molecular formula is C24H29N3O4. The molecule has 1 aliphatic carbocycles. The second-order valence-corrected chi connectivity index (χ2v) is 7.85. The van der Waals surface area contributed by atoms with Crippen LogP contribution in [0.3, 0.4) is 0 Å². The SMILES string of the molecule is CCN(CC)C(=O)C1(N(C(=O)c2ccc([N+](=O)[O-])cc2)c2ccccc2)CCCCC1. The van der Waals surface area contributed by atoms with Gasteiger partial charge in [-0.25, -0.2) is 0 Å². The number of hydrogen-bond acceptors (Lipinski definition) is 4. The summed E-state index contributed by atoms with van der Waals surface area (Å²) in [5.41, 5.74) is -0.0563. The number of nitrogens with zero attached hydrogens (tertiary/aromatic N) is 3. The van der Waals surface area contributed by atoms with Gasteiger partial charge in [0.2, 0.25) is 5.91 Å². The molecule has 0 N–H and O–H groups in total. The minimum atomic E-state index is -0.968. The molecule has 1 saturated carbocycles. The van der Waals surface area contributed by atoms with Gasteiger partial charge in [-0.3, -0.25) is 24.6 Å². The first kappa shape index (κ1) is 22.5. The summed E-state index contributed by atoms with van der Waals surface area (Å²) < 4.78 is 0. The van der Waals surface area contributed by atoms with Crippen LogP contribution < -0.4 is 4.90 Å². The zero-order chi connectivity index (χ0) is 22.4. The highest BCUT2D eigenvalue weighted by atomic mass is 16.6. The number of anilines is 1. The molecule has 0 aromatic heterocycles. The van der Waals surface area contributed by atoms with E-state index in [0.29, 0.717) is 37.2 Å². The molecule has 0 saturated heterocycles. The predicted octanol–water partition coefficient (Wildman–Crippen LogP) is 4.81. The minimum absolute atomic E-state index is 0.0312. The lowest BCUT2D eigenvalue weighted by molar-refractivity contribution is -0.384. The molecular weight excluding hydrogens is 394 g/mol. The van der Waals surface area contributed by atoms with Crippen molar-refractivity contribution in [3.8, 4) is 0 Å². The molecule has 2 aromatic rings. The van der Waals surface area contributed by atoms with Crippen molar-refractivity contribution < 1.29 is 14.5 Å². The van der Waals surface area contributed by atoms with Crippen molar-refractivity contribution in [2.45, 2.75) is 51.5 Å². The molecule has 2 amide bonds. The highest BCUT2D eigenvalue weighted by Crippen LogP contribution is 2.39. The van der Waals surface area contributed by atoms with Gasteiger partial charge in [-0.2, -0.15) is 0 Å². The van der Waals surface area contributed by atoms with Gasteiger partial charge in [-0.1, -0.05) is 37.5 Å². The van der Waals surface area contributed by atoms with E-state index in [0.717, 1.165) is 19.3 Å². The lowest BCUT2D eigenvalue weighted by Gasteiger charge is -2.47. The third-order valence-corrected chi connectivity index (χ3v) is 6.10. The van der Waals surface area contributed by atoms with Gasteiger partial charge < -0.3 is 4.90 Å². The first-order valence-corrected chi connectivity index (χ1v) is 10.9. The summed E-state index contributed by atoms with van der Waals surface area (Å²) in [5, 5.41) is 11.0. The average Bonchev–Trinajstić information content (AvgIpc) is 2.81. The third-order valence-electron chi connectivity index (χ3n) is 6.10. The van der Waals surface area contributed by atoms with Crippen LogP contribution >= 0.6 is 0 Å². The monoisotopic (exact) mass is 423 g/mol. The molecule has 0 aliphatic heterocycles. The van der Waals surface area contributed by atoms with Crippen molar-refractivity contribution >= 4 is 23.2 Å². The van der Waals surface area contributed by atoms with Gasteiger partial charge in [0.05, 0.1) is 4.92 Å². The summed E-state index contributed by atoms with van der Waals surface area (Å²) in [4.78, 5) is 41.6. The Morgan fingerprint density at radius 3 is 2.03 bits per heavy atom. The van der Waals surface area contributed by atoms with Crippen molar-refractivity contribution in [1.29, 1.82) is 0 Å². The van der Waals surface area contributed by atoms with E-state index in [1.165, 1.54) is 24.3 Å². The maximum Gasteiger partial charge on any atom is 0.269 e. The molecule has 164 valence electrons. The predicted molar refractivity (Wildman–Crippen MR) is 120 cm³/mol. The number of rotatable bonds is 7. The molecule has 1 aliphatic rings. The maximum atomic E-state index is 13.8. The molecule has 0 unspecified atom stereocenters. The van der Waals surface area contributed by atoms with Crippen LogP contribution in [0.25, 0.3) is 0 Å². The third kappa shape index (κ3) is 4.45. The summed E-state index contributed by atoms with van der Waals surface area (Å²) in [5.74, 6) is -0.347. The summed E-state index contributed by atoms with van der Waals surface area (Å²) in [7, 11) is 0. The Labute approximate surface area is 182 Å². The normalized spacial score (nSPS) is 15.2. The molecule has 0 bridgehead atoms. The van der Waals surface area contributed by atoms with Crippen molar-refractivity contribution in [2.24, 2.45) is 0 Å². The highest BCUT2D eigenvalue weighted by molar-refractivity contribution is 6.11. The Hall–Kier alpha value is -3.22. The number of nitro groups is 1. The summed E-state index contributed by atoms with van der Waals surface area (Å²) in [6.07, 6.45) is 3.95. The maximum absolute atomic E-state index is 13.8. The van der Waals surface area contributed by atoms with Crippen molar-refractivity contribution in [1.82, 2.24) is 4.90 Å².